The van der Waals surface area contributed by atoms with Gasteiger partial charge in [-0.15, -0.1) is 0 Å². The van der Waals surface area contributed by atoms with Crippen LogP contribution in [-0.4, -0.2) is 62.8 Å². The van der Waals surface area contributed by atoms with E-state index < -0.39 is 49.7 Å². The Hall–Kier alpha value is -2.51. The molecule has 1 amide bonds. The van der Waals surface area contributed by atoms with Crippen molar-refractivity contribution >= 4 is 13.7 Å². The first kappa shape index (κ1) is 44.7. The molecule has 1 fully saturated rings. The second-order valence-corrected chi connectivity index (χ2v) is 15.0. The van der Waals surface area contributed by atoms with Crippen molar-refractivity contribution in [2.45, 2.75) is 180 Å². The highest BCUT2D eigenvalue weighted by atomic mass is 31.2. The first-order valence-electron chi connectivity index (χ1n) is 19.1. The predicted octanol–water partition coefficient (Wildman–Crippen LogP) is 7.24. The highest BCUT2D eigenvalue weighted by Gasteiger charge is 2.44. The Kier molecular flexibility index (Phi) is 22.3. The number of phosphoric ester groups is 1. The Morgan fingerprint density at radius 1 is 1.02 bits per heavy atom. The summed E-state index contributed by atoms with van der Waals surface area (Å²) in [6.45, 7) is 6.36. The normalized spacial score (nSPS) is 18.7. The molecule has 1 aromatic rings. The number of ether oxygens (including phenoxy) is 2. The highest BCUT2D eigenvalue weighted by Crippen LogP contribution is 2.43. The molecule has 1 aromatic heterocycles. The smallest absolute Gasteiger partial charge is 0.376 e. The summed E-state index contributed by atoms with van der Waals surface area (Å²) in [5, 5.41) is 6.73. The maximum atomic E-state index is 12.8. The van der Waals surface area contributed by atoms with Crippen LogP contribution >= 0.6 is 7.82 Å². The van der Waals surface area contributed by atoms with E-state index in [9.17, 15) is 34.3 Å². The number of phosphoric acid groups is 1. The van der Waals surface area contributed by atoms with Gasteiger partial charge in [-0.1, -0.05) is 115 Å². The largest absolute Gasteiger partial charge is 0.469 e. The standard InChI is InChI=1S/C35H63N6O9P/c1-4-6-8-10-12-14-15-17-19-21-31(42)37-25-28(48-22-20-18-16-13-11-9-7-5-2)23-30(50-51(45,46)47)33-29(39-40-36)24-32(49-33)41-26-27(3)34(43)38-35(41)44/h26,28-30,32-33H,4-25H2,1-3H3,(H,37,42)(H,38,43,44)(H2,45,46,47)/t28?,29-,30?,32+,33-/m0/s1. The first-order chi connectivity index (χ1) is 24.5. The lowest BCUT2D eigenvalue weighted by Crippen LogP contribution is -2.42. The number of H-pyrrole nitrogens is 1. The van der Waals surface area contributed by atoms with Crippen LogP contribution in [0.3, 0.4) is 0 Å². The maximum absolute atomic E-state index is 12.8. The lowest BCUT2D eigenvalue weighted by Gasteiger charge is -2.30. The van der Waals surface area contributed by atoms with Gasteiger partial charge in [-0.2, -0.15) is 0 Å². The molecule has 4 N–H and O–H groups in total. The number of nitrogens with one attached hydrogen (secondary N) is 2. The summed E-state index contributed by atoms with van der Waals surface area (Å²) in [5.41, 5.74) is 8.25. The molecule has 51 heavy (non-hydrogen) atoms. The molecule has 1 saturated heterocycles. The van der Waals surface area contributed by atoms with Crippen molar-refractivity contribution in [1.82, 2.24) is 14.9 Å². The average Bonchev–Trinajstić information content (AvgIpc) is 3.49. The second-order valence-electron chi connectivity index (χ2n) is 13.8. The Bertz CT molecular complexity index is 1350. The van der Waals surface area contributed by atoms with Crippen molar-refractivity contribution in [3.8, 4) is 0 Å². The molecule has 0 spiro atoms. The van der Waals surface area contributed by atoms with Gasteiger partial charge in [-0.3, -0.25) is 23.7 Å². The van der Waals surface area contributed by atoms with Gasteiger partial charge in [-0.05, 0) is 25.3 Å². The van der Waals surface area contributed by atoms with Crippen LogP contribution < -0.4 is 16.6 Å². The van der Waals surface area contributed by atoms with Gasteiger partial charge in [0.2, 0.25) is 5.91 Å². The lowest BCUT2D eigenvalue weighted by molar-refractivity contribution is -0.122. The van der Waals surface area contributed by atoms with Crippen LogP contribution in [0.25, 0.3) is 10.4 Å². The van der Waals surface area contributed by atoms with Gasteiger partial charge in [-0.25, -0.2) is 9.36 Å². The second kappa shape index (κ2) is 25.5. The molecule has 292 valence electrons. The summed E-state index contributed by atoms with van der Waals surface area (Å²) in [6.07, 6.45) is 16.4. The summed E-state index contributed by atoms with van der Waals surface area (Å²) >= 11 is 0. The van der Waals surface area contributed by atoms with E-state index in [1.54, 1.807) is 0 Å². The van der Waals surface area contributed by atoms with Crippen LogP contribution in [0.2, 0.25) is 0 Å². The molecule has 2 unspecified atom stereocenters. The summed E-state index contributed by atoms with van der Waals surface area (Å²) in [4.78, 5) is 62.2. The number of aromatic amines is 1. The third-order valence-corrected chi connectivity index (χ3v) is 9.86. The van der Waals surface area contributed by atoms with Crippen molar-refractivity contribution in [3.05, 3.63) is 43.0 Å². The number of hydrogen-bond donors (Lipinski definition) is 4. The number of azide groups is 1. The Morgan fingerprint density at radius 2 is 1.59 bits per heavy atom. The zero-order valence-corrected chi connectivity index (χ0v) is 31.9. The van der Waals surface area contributed by atoms with E-state index in [-0.39, 0.29) is 30.9 Å². The number of nitrogens with zero attached hydrogens (tertiary/aromatic N) is 4. The third-order valence-electron chi connectivity index (χ3n) is 9.31. The molecule has 0 radical (unpaired) electrons. The fourth-order valence-electron chi connectivity index (χ4n) is 6.44. The zero-order chi connectivity index (χ0) is 37.5. The van der Waals surface area contributed by atoms with Gasteiger partial charge in [0.1, 0.15) is 6.23 Å². The van der Waals surface area contributed by atoms with Crippen molar-refractivity contribution in [1.29, 1.82) is 0 Å². The molecule has 0 aromatic carbocycles. The van der Waals surface area contributed by atoms with E-state index in [0.29, 0.717) is 13.0 Å². The summed E-state index contributed by atoms with van der Waals surface area (Å²) in [7, 11) is -5.09. The minimum atomic E-state index is -5.09. The van der Waals surface area contributed by atoms with Crippen LogP contribution in [0.1, 0.15) is 154 Å². The van der Waals surface area contributed by atoms with E-state index in [0.717, 1.165) is 49.5 Å². The van der Waals surface area contributed by atoms with Gasteiger partial charge in [0.15, 0.2) is 0 Å². The number of aryl methyl sites for hydroxylation is 1. The molecule has 16 heteroatoms. The maximum Gasteiger partial charge on any atom is 0.469 e. The molecule has 1 aliphatic heterocycles. The van der Waals surface area contributed by atoms with Crippen molar-refractivity contribution in [3.63, 3.8) is 0 Å². The van der Waals surface area contributed by atoms with E-state index >= 15 is 0 Å². The Morgan fingerprint density at radius 3 is 2.16 bits per heavy atom. The first-order valence-corrected chi connectivity index (χ1v) is 20.7. The Balaban J connectivity index is 2.10. The molecule has 2 rings (SSSR count). The fraction of sp³-hybridized carbons (Fsp3) is 0.857. The molecular formula is C35H63N6O9P. The summed E-state index contributed by atoms with van der Waals surface area (Å²) < 4.78 is 30.9. The van der Waals surface area contributed by atoms with Gasteiger partial charge >= 0.3 is 13.5 Å². The highest BCUT2D eigenvalue weighted by molar-refractivity contribution is 7.46. The zero-order valence-electron chi connectivity index (χ0n) is 31.0. The van der Waals surface area contributed by atoms with Gasteiger partial charge in [0, 0.05) is 49.1 Å². The summed E-state index contributed by atoms with van der Waals surface area (Å²) in [6, 6.07) is -0.967. The molecule has 0 aliphatic carbocycles. The van der Waals surface area contributed by atoms with E-state index in [1.807, 2.05) is 0 Å². The molecule has 0 bridgehead atoms. The molecule has 1 aliphatic rings. The monoisotopic (exact) mass is 742 g/mol. The molecule has 15 nitrogen and oxygen atoms in total. The molecule has 5 atom stereocenters. The van der Waals surface area contributed by atoms with E-state index in [2.05, 4.69) is 34.2 Å². The topological polar surface area (TPSA) is 218 Å². The van der Waals surface area contributed by atoms with Crippen LogP contribution in [0, 0.1) is 6.92 Å². The molecular weight excluding hydrogens is 679 g/mol. The number of hydrogen-bond acceptors (Lipinski definition) is 8. The van der Waals surface area contributed by atoms with Crippen molar-refractivity contribution < 1.29 is 33.1 Å². The number of carbonyl (C=O) groups is 1. The van der Waals surface area contributed by atoms with E-state index in [4.69, 9.17) is 14.0 Å². The van der Waals surface area contributed by atoms with Crippen molar-refractivity contribution in [2.75, 3.05) is 13.2 Å². The lowest BCUT2D eigenvalue weighted by atomic mass is 10.00. The van der Waals surface area contributed by atoms with Crippen LogP contribution in [-0.2, 0) is 23.4 Å². The fourth-order valence-corrected chi connectivity index (χ4v) is 7.00. The van der Waals surface area contributed by atoms with Gasteiger partial charge < -0.3 is 24.6 Å². The number of aromatic nitrogens is 2. The number of unbranched alkanes of at least 4 members (excludes halogenated alkanes) is 15. The average molecular weight is 743 g/mol. The number of carbonyl (C=O) groups excluding carboxylic acids is 1. The molecule has 2 heterocycles. The van der Waals surface area contributed by atoms with Gasteiger partial charge in [0.05, 0.1) is 24.4 Å². The van der Waals surface area contributed by atoms with Crippen LogP contribution in [0.4, 0.5) is 0 Å². The quantitative estimate of drug-likeness (QED) is 0.0213. The van der Waals surface area contributed by atoms with Crippen LogP contribution in [0.5, 0.6) is 0 Å². The van der Waals surface area contributed by atoms with E-state index in [1.165, 1.54) is 77.3 Å². The summed E-state index contributed by atoms with van der Waals surface area (Å²) in [5.74, 6) is -0.136. The SMILES string of the molecule is CCCCCCCCCCCC(=O)NCC(CC(OP(=O)(O)O)[C@H]1O[C@@H](n2cc(C)c(=O)[nH]c2=O)C[C@@H]1N=[N+]=[N-])OCCCCCCCCCC. The number of amides is 1. The third kappa shape index (κ3) is 18.7. The Labute approximate surface area is 302 Å². The van der Waals surface area contributed by atoms with Gasteiger partial charge in [0.25, 0.3) is 5.56 Å². The minimum Gasteiger partial charge on any atom is -0.376 e. The van der Waals surface area contributed by atoms with Crippen LogP contribution in [0.15, 0.2) is 20.9 Å². The van der Waals surface area contributed by atoms with Crippen molar-refractivity contribution in [2.24, 2.45) is 5.11 Å². The molecule has 0 saturated carbocycles. The predicted molar refractivity (Wildman–Crippen MR) is 196 cm³/mol. The minimum absolute atomic E-state index is 0.0135. The number of rotatable bonds is 29.